The maximum absolute atomic E-state index is 12.0. The lowest BCUT2D eigenvalue weighted by Gasteiger charge is -2.28. The molecular weight excluding hydrogens is 246 g/mol. The van der Waals surface area contributed by atoms with E-state index in [1.54, 1.807) is 18.9 Å². The molecule has 1 fully saturated rings. The van der Waals surface area contributed by atoms with Crippen molar-refractivity contribution >= 4 is 11.9 Å². The standard InChI is InChI=1S/C13H25N3O3/c1-4-16-8-6-7-10(16)9-15(3)12(17)11(14)13(18)19-5-2/h10-11H,4-9,14H2,1-3H3. The molecule has 110 valence electrons. The number of carbonyl (C=O) groups excluding carboxylic acids is 2. The number of esters is 1. The average Bonchev–Trinajstić information content (AvgIpc) is 2.84. The maximum Gasteiger partial charge on any atom is 0.332 e. The first-order valence-corrected chi connectivity index (χ1v) is 6.92. The molecule has 19 heavy (non-hydrogen) atoms. The van der Waals surface area contributed by atoms with Crippen LogP contribution in [0.1, 0.15) is 26.7 Å². The molecule has 0 bridgehead atoms. The number of likely N-dealkylation sites (N-methyl/N-ethyl adjacent to an activating group) is 2. The molecule has 0 aromatic rings. The van der Waals surface area contributed by atoms with E-state index in [-0.39, 0.29) is 12.5 Å². The van der Waals surface area contributed by atoms with Crippen LogP contribution in [0.15, 0.2) is 0 Å². The van der Waals surface area contributed by atoms with E-state index in [2.05, 4.69) is 11.8 Å². The largest absolute Gasteiger partial charge is 0.464 e. The lowest BCUT2D eigenvalue weighted by atomic mass is 10.2. The van der Waals surface area contributed by atoms with Crippen molar-refractivity contribution in [2.24, 2.45) is 5.73 Å². The van der Waals surface area contributed by atoms with Crippen LogP contribution in [0, 0.1) is 0 Å². The Morgan fingerprint density at radius 1 is 1.47 bits per heavy atom. The van der Waals surface area contributed by atoms with Crippen molar-refractivity contribution in [3.05, 3.63) is 0 Å². The number of hydrogen-bond donors (Lipinski definition) is 1. The molecule has 0 aliphatic carbocycles. The third-order valence-electron chi connectivity index (χ3n) is 3.57. The first kappa shape index (κ1) is 15.9. The number of likely N-dealkylation sites (tertiary alicyclic amines) is 1. The van der Waals surface area contributed by atoms with Gasteiger partial charge in [0.15, 0.2) is 6.04 Å². The Morgan fingerprint density at radius 3 is 2.74 bits per heavy atom. The highest BCUT2D eigenvalue weighted by Gasteiger charge is 2.30. The van der Waals surface area contributed by atoms with Crippen molar-refractivity contribution in [1.29, 1.82) is 0 Å². The Hall–Kier alpha value is -1.14. The van der Waals surface area contributed by atoms with Gasteiger partial charge < -0.3 is 15.4 Å². The molecule has 1 rings (SSSR count). The molecule has 1 heterocycles. The number of carbonyl (C=O) groups is 2. The zero-order valence-electron chi connectivity index (χ0n) is 12.1. The molecule has 1 aliphatic rings. The minimum atomic E-state index is -1.21. The summed E-state index contributed by atoms with van der Waals surface area (Å²) in [5.74, 6) is -1.03. The van der Waals surface area contributed by atoms with Crippen molar-refractivity contribution in [3.8, 4) is 0 Å². The van der Waals surface area contributed by atoms with Crippen LogP contribution >= 0.6 is 0 Å². The van der Waals surface area contributed by atoms with Gasteiger partial charge in [-0.3, -0.25) is 9.69 Å². The molecule has 1 saturated heterocycles. The van der Waals surface area contributed by atoms with E-state index in [1.807, 2.05) is 0 Å². The molecule has 2 unspecified atom stereocenters. The van der Waals surface area contributed by atoms with Gasteiger partial charge in [-0.2, -0.15) is 0 Å². The zero-order chi connectivity index (χ0) is 14.4. The molecule has 2 N–H and O–H groups in total. The molecule has 6 nitrogen and oxygen atoms in total. The Morgan fingerprint density at radius 2 is 2.16 bits per heavy atom. The second-order valence-corrected chi connectivity index (χ2v) is 4.87. The van der Waals surface area contributed by atoms with E-state index in [4.69, 9.17) is 10.5 Å². The lowest BCUT2D eigenvalue weighted by molar-refractivity contribution is -0.150. The molecule has 0 spiro atoms. The fourth-order valence-corrected chi connectivity index (χ4v) is 2.49. The van der Waals surface area contributed by atoms with E-state index in [0.717, 1.165) is 25.9 Å². The summed E-state index contributed by atoms with van der Waals surface area (Å²) in [4.78, 5) is 27.4. The average molecular weight is 271 g/mol. The van der Waals surface area contributed by atoms with Crippen LogP contribution in [0.3, 0.4) is 0 Å². The van der Waals surface area contributed by atoms with E-state index >= 15 is 0 Å². The van der Waals surface area contributed by atoms with Gasteiger partial charge >= 0.3 is 5.97 Å². The van der Waals surface area contributed by atoms with Crippen molar-refractivity contribution < 1.29 is 14.3 Å². The van der Waals surface area contributed by atoms with Gasteiger partial charge in [0.25, 0.3) is 5.91 Å². The van der Waals surface area contributed by atoms with Crippen LogP contribution in [0.25, 0.3) is 0 Å². The third kappa shape index (κ3) is 4.18. The molecule has 0 aromatic carbocycles. The minimum absolute atomic E-state index is 0.232. The van der Waals surface area contributed by atoms with Crippen LogP contribution in [0.2, 0.25) is 0 Å². The number of rotatable bonds is 6. The topological polar surface area (TPSA) is 75.9 Å². The predicted molar refractivity (Wildman–Crippen MR) is 72.5 cm³/mol. The quantitative estimate of drug-likeness (QED) is 0.536. The first-order valence-electron chi connectivity index (χ1n) is 6.92. The Balaban J connectivity index is 2.50. The van der Waals surface area contributed by atoms with Crippen molar-refractivity contribution in [3.63, 3.8) is 0 Å². The van der Waals surface area contributed by atoms with Gasteiger partial charge in [-0.25, -0.2) is 4.79 Å². The Bertz CT molecular complexity index is 322. The highest BCUT2D eigenvalue weighted by Crippen LogP contribution is 2.17. The Kier molecular flexibility index (Phi) is 6.24. The van der Waals surface area contributed by atoms with E-state index < -0.39 is 12.0 Å². The molecule has 0 aromatic heterocycles. The monoisotopic (exact) mass is 271 g/mol. The third-order valence-corrected chi connectivity index (χ3v) is 3.57. The summed E-state index contributed by atoms with van der Waals surface area (Å²) >= 11 is 0. The zero-order valence-corrected chi connectivity index (χ0v) is 12.1. The lowest BCUT2D eigenvalue weighted by Crippen LogP contribution is -2.50. The molecule has 1 amide bonds. The normalized spacial score (nSPS) is 21.2. The van der Waals surface area contributed by atoms with Gasteiger partial charge in [-0.05, 0) is 32.9 Å². The summed E-state index contributed by atoms with van der Waals surface area (Å²) in [6.45, 7) is 6.71. The summed E-state index contributed by atoms with van der Waals surface area (Å²) in [7, 11) is 1.69. The van der Waals surface area contributed by atoms with Crippen molar-refractivity contribution in [1.82, 2.24) is 9.80 Å². The molecule has 6 heteroatoms. The highest BCUT2D eigenvalue weighted by atomic mass is 16.5. The summed E-state index contributed by atoms with van der Waals surface area (Å²) < 4.78 is 4.77. The van der Waals surface area contributed by atoms with Gasteiger partial charge in [0.1, 0.15) is 0 Å². The Labute approximate surface area is 114 Å². The van der Waals surface area contributed by atoms with Crippen LogP contribution in [-0.2, 0) is 14.3 Å². The van der Waals surface area contributed by atoms with Gasteiger partial charge in [0.05, 0.1) is 6.61 Å². The summed E-state index contributed by atoms with van der Waals surface area (Å²) in [6, 6.07) is -0.838. The second kappa shape index (κ2) is 7.45. The van der Waals surface area contributed by atoms with E-state index in [1.165, 1.54) is 0 Å². The number of nitrogens with zero attached hydrogens (tertiary/aromatic N) is 2. The van der Waals surface area contributed by atoms with Crippen LogP contribution in [0.4, 0.5) is 0 Å². The summed E-state index contributed by atoms with van der Waals surface area (Å²) in [6.07, 6.45) is 2.24. The highest BCUT2D eigenvalue weighted by molar-refractivity contribution is 6.01. The second-order valence-electron chi connectivity index (χ2n) is 4.87. The molecule has 0 radical (unpaired) electrons. The molecule has 1 aliphatic heterocycles. The van der Waals surface area contributed by atoms with Crippen molar-refractivity contribution in [2.45, 2.75) is 38.8 Å². The van der Waals surface area contributed by atoms with Gasteiger partial charge in [0.2, 0.25) is 0 Å². The van der Waals surface area contributed by atoms with Crippen LogP contribution in [0.5, 0.6) is 0 Å². The van der Waals surface area contributed by atoms with Gasteiger partial charge in [-0.15, -0.1) is 0 Å². The molecule has 0 saturated carbocycles. The van der Waals surface area contributed by atoms with Gasteiger partial charge in [0, 0.05) is 19.6 Å². The maximum atomic E-state index is 12.0. The number of hydrogen-bond acceptors (Lipinski definition) is 5. The van der Waals surface area contributed by atoms with Crippen molar-refractivity contribution in [2.75, 3.05) is 33.3 Å². The van der Waals surface area contributed by atoms with Crippen LogP contribution < -0.4 is 5.73 Å². The first-order chi connectivity index (χ1) is 9.01. The summed E-state index contributed by atoms with van der Waals surface area (Å²) in [5.41, 5.74) is 5.61. The molecule has 2 atom stereocenters. The van der Waals surface area contributed by atoms with E-state index in [9.17, 15) is 9.59 Å². The SMILES string of the molecule is CCOC(=O)C(N)C(=O)N(C)CC1CCCN1CC. The molecular formula is C13H25N3O3. The minimum Gasteiger partial charge on any atom is -0.464 e. The fourth-order valence-electron chi connectivity index (χ4n) is 2.49. The number of ether oxygens (including phenoxy) is 1. The van der Waals surface area contributed by atoms with E-state index in [0.29, 0.717) is 12.6 Å². The smallest absolute Gasteiger partial charge is 0.332 e. The fraction of sp³-hybridized carbons (Fsp3) is 0.846. The van der Waals surface area contributed by atoms with Gasteiger partial charge in [-0.1, -0.05) is 6.92 Å². The number of amides is 1. The predicted octanol–water partition coefficient (Wildman–Crippen LogP) is -0.180. The summed E-state index contributed by atoms with van der Waals surface area (Å²) in [5, 5.41) is 0. The van der Waals surface area contributed by atoms with Crippen LogP contribution in [-0.4, -0.2) is 67.0 Å². The number of nitrogens with two attached hydrogens (primary N) is 1.